The van der Waals surface area contributed by atoms with Gasteiger partial charge in [-0.25, -0.2) is 9.78 Å². The highest BCUT2D eigenvalue weighted by molar-refractivity contribution is 6.05. The Morgan fingerprint density at radius 2 is 2.16 bits per heavy atom. The predicted octanol–water partition coefficient (Wildman–Crippen LogP) is 1.58. The van der Waals surface area contributed by atoms with Crippen LogP contribution in [0.5, 0.6) is 5.88 Å². The molecule has 3 aromatic heterocycles. The maximum Gasteiger partial charge on any atom is 0.263 e. The number of likely N-dealkylation sites (N-methyl/N-ethyl adjacent to an activating group) is 1. The number of aryl methyl sites for hydroxylation is 1. The fourth-order valence-electron chi connectivity index (χ4n) is 3.62. The highest BCUT2D eigenvalue weighted by Gasteiger charge is 2.25. The number of carbonyl (C=O) groups excluding carboxylic acids is 2. The first kappa shape index (κ1) is 21.3. The summed E-state index contributed by atoms with van der Waals surface area (Å²) in [6.07, 6.45) is 3.43. The average Bonchev–Trinajstić information content (AvgIpc) is 3.48. The first-order valence-corrected chi connectivity index (χ1v) is 10.2. The van der Waals surface area contributed by atoms with E-state index >= 15 is 0 Å². The third-order valence-corrected chi connectivity index (χ3v) is 5.35. The van der Waals surface area contributed by atoms with Gasteiger partial charge >= 0.3 is 0 Å². The molecule has 4 heterocycles. The molecule has 0 aliphatic carbocycles. The Kier molecular flexibility index (Phi) is 5.74. The number of carbonyl (C=O) groups is 1. The quantitative estimate of drug-likeness (QED) is 0.555. The molecule has 0 bridgehead atoms. The minimum absolute atomic E-state index is 0.145. The minimum Gasteiger partial charge on any atom is -0.479 e. The molecule has 0 saturated carbocycles. The Balaban J connectivity index is 1.56. The lowest BCUT2D eigenvalue weighted by Crippen LogP contribution is -2.17. The maximum atomic E-state index is 12.9. The fourth-order valence-corrected chi connectivity index (χ4v) is 3.62. The van der Waals surface area contributed by atoms with Crippen LogP contribution < -0.4 is 10.1 Å². The van der Waals surface area contributed by atoms with Crippen molar-refractivity contribution in [2.45, 2.75) is 32.4 Å². The van der Waals surface area contributed by atoms with Gasteiger partial charge in [-0.15, -0.1) is 15.3 Å². The lowest BCUT2D eigenvalue weighted by atomic mass is 10.2. The Labute approximate surface area is 184 Å². The molecule has 3 aromatic rings. The molecule has 4 rings (SSSR count). The van der Waals surface area contributed by atoms with E-state index in [0.717, 1.165) is 18.7 Å². The summed E-state index contributed by atoms with van der Waals surface area (Å²) in [7, 11) is 4.90. The third-order valence-electron chi connectivity index (χ3n) is 5.35. The number of amides is 1. The second-order valence-electron chi connectivity index (χ2n) is 7.75. The normalized spacial score (nSPS) is 14.6. The van der Waals surface area contributed by atoms with Crippen LogP contribution in [0.4, 0.5) is 5.82 Å². The molecule has 0 fully saturated rings. The number of methoxy groups -OCH3 is 1. The van der Waals surface area contributed by atoms with Gasteiger partial charge in [-0.2, -0.15) is 0 Å². The fraction of sp³-hybridized carbons (Fsp3) is 0.381. The summed E-state index contributed by atoms with van der Waals surface area (Å²) in [6.45, 7) is 2.28. The summed E-state index contributed by atoms with van der Waals surface area (Å²) in [6, 6.07) is 5.64. The Bertz CT molecular complexity index is 1210. The van der Waals surface area contributed by atoms with Gasteiger partial charge in [0.1, 0.15) is 34.5 Å². The van der Waals surface area contributed by atoms with Crippen molar-refractivity contribution in [1.29, 1.82) is 0 Å². The van der Waals surface area contributed by atoms with Crippen molar-refractivity contribution >= 4 is 17.7 Å². The standard InChI is InChI=1S/C21H24N8O3/c1-13-8-9-18-24-25-19(29(13)18)16-6-5-7-17(22-16)23-20(31)15-11-28(26-21(15)32-4)10-14(12-30)27(2)3/h5-7,11,13H,8-10H2,1-4H3,(H,22,23,31)/t13-/m0/s1. The topological polar surface area (TPSA) is 120 Å². The van der Waals surface area contributed by atoms with Gasteiger partial charge in [0.2, 0.25) is 5.88 Å². The second-order valence-corrected chi connectivity index (χ2v) is 7.75. The number of nitrogens with one attached hydrogen (secondary N) is 1. The van der Waals surface area contributed by atoms with Gasteiger partial charge in [0.25, 0.3) is 5.91 Å². The van der Waals surface area contributed by atoms with Crippen LogP contribution in [0, 0.1) is 0 Å². The Morgan fingerprint density at radius 1 is 1.34 bits per heavy atom. The number of hydrogen-bond acceptors (Lipinski definition) is 8. The van der Waals surface area contributed by atoms with Gasteiger partial charge in [0.05, 0.1) is 13.7 Å². The summed E-state index contributed by atoms with van der Waals surface area (Å²) in [5, 5.41) is 15.6. The molecule has 0 spiro atoms. The van der Waals surface area contributed by atoms with Crippen LogP contribution in [0.1, 0.15) is 35.6 Å². The number of fused-ring (bicyclic) bond motifs is 1. The average molecular weight is 436 g/mol. The van der Waals surface area contributed by atoms with E-state index in [1.807, 2.05) is 12.0 Å². The van der Waals surface area contributed by atoms with Crippen LogP contribution in [0.3, 0.4) is 0 Å². The molecule has 0 saturated heterocycles. The Morgan fingerprint density at radius 3 is 2.88 bits per heavy atom. The number of allylic oxidation sites excluding steroid dienone is 1. The van der Waals surface area contributed by atoms with Crippen molar-refractivity contribution in [3.05, 3.63) is 41.5 Å². The molecule has 0 unspecified atom stereocenters. The number of hydrogen-bond donors (Lipinski definition) is 1. The monoisotopic (exact) mass is 436 g/mol. The largest absolute Gasteiger partial charge is 0.479 e. The molecular formula is C21H24N8O3. The van der Waals surface area contributed by atoms with Crippen LogP contribution in [0.2, 0.25) is 0 Å². The lowest BCUT2D eigenvalue weighted by molar-refractivity contribution is 0.102. The van der Waals surface area contributed by atoms with Gasteiger partial charge in [0.15, 0.2) is 5.82 Å². The van der Waals surface area contributed by atoms with E-state index in [-0.39, 0.29) is 18.0 Å². The molecule has 1 aliphatic rings. The smallest absolute Gasteiger partial charge is 0.263 e. The van der Waals surface area contributed by atoms with E-state index in [4.69, 9.17) is 4.74 Å². The van der Waals surface area contributed by atoms with E-state index in [1.165, 1.54) is 18.0 Å². The highest BCUT2D eigenvalue weighted by atomic mass is 16.5. The maximum absolute atomic E-state index is 12.9. The van der Waals surface area contributed by atoms with E-state index in [0.29, 0.717) is 29.1 Å². The van der Waals surface area contributed by atoms with E-state index in [2.05, 4.69) is 37.1 Å². The number of aromatic nitrogens is 6. The molecule has 32 heavy (non-hydrogen) atoms. The summed E-state index contributed by atoms with van der Waals surface area (Å²) in [5.41, 5.74) is 1.23. The summed E-state index contributed by atoms with van der Waals surface area (Å²) < 4.78 is 8.79. The van der Waals surface area contributed by atoms with Crippen molar-refractivity contribution in [3.63, 3.8) is 0 Å². The van der Waals surface area contributed by atoms with Crippen molar-refractivity contribution in [1.82, 2.24) is 34.4 Å². The van der Waals surface area contributed by atoms with E-state index < -0.39 is 5.91 Å². The summed E-state index contributed by atoms with van der Waals surface area (Å²) in [4.78, 5) is 30.2. The third kappa shape index (κ3) is 3.97. The number of nitrogens with zero attached hydrogens (tertiary/aromatic N) is 7. The molecule has 166 valence electrons. The van der Waals surface area contributed by atoms with Crippen LogP contribution in [0.25, 0.3) is 11.5 Å². The first-order valence-electron chi connectivity index (χ1n) is 10.2. The van der Waals surface area contributed by atoms with Gasteiger partial charge in [-0.3, -0.25) is 9.48 Å². The van der Waals surface area contributed by atoms with E-state index in [1.54, 1.807) is 31.1 Å². The molecule has 1 amide bonds. The van der Waals surface area contributed by atoms with Crippen LogP contribution in [0.15, 0.2) is 30.1 Å². The molecule has 11 nitrogen and oxygen atoms in total. The van der Waals surface area contributed by atoms with Crippen LogP contribution >= 0.6 is 0 Å². The predicted molar refractivity (Wildman–Crippen MR) is 116 cm³/mol. The number of rotatable bonds is 7. The first-order chi connectivity index (χ1) is 15.4. The van der Waals surface area contributed by atoms with Gasteiger partial charge < -0.3 is 19.5 Å². The number of ether oxygens (including phenoxy) is 1. The summed E-state index contributed by atoms with van der Waals surface area (Å²) >= 11 is 0. The van der Waals surface area contributed by atoms with Crippen molar-refractivity contribution < 1.29 is 14.3 Å². The molecule has 11 heteroatoms. The molecule has 1 aliphatic heterocycles. The molecule has 0 aromatic carbocycles. The minimum atomic E-state index is -0.431. The molecule has 1 atom stereocenters. The number of anilines is 1. The Hall–Kier alpha value is -3.98. The van der Waals surface area contributed by atoms with Crippen molar-refractivity contribution in [2.24, 2.45) is 0 Å². The van der Waals surface area contributed by atoms with Crippen molar-refractivity contribution in [3.8, 4) is 17.4 Å². The van der Waals surface area contributed by atoms with Crippen LogP contribution in [-0.2, 0) is 17.8 Å². The zero-order chi connectivity index (χ0) is 22.8. The molecular weight excluding hydrogens is 412 g/mol. The SMILES string of the molecule is COc1nn(CC(=C=O)N(C)C)cc1C(=O)Nc1cccc(-c2nnc3n2[C@@H](C)CC3)n1. The van der Waals surface area contributed by atoms with Gasteiger partial charge in [-0.1, -0.05) is 6.07 Å². The summed E-state index contributed by atoms with van der Waals surface area (Å²) in [5.74, 6) is 3.59. The van der Waals surface area contributed by atoms with E-state index in [9.17, 15) is 9.59 Å². The van der Waals surface area contributed by atoms with Crippen LogP contribution in [-0.4, -0.2) is 67.5 Å². The second kappa shape index (κ2) is 8.64. The van der Waals surface area contributed by atoms with Crippen molar-refractivity contribution in [2.75, 3.05) is 26.5 Å². The lowest BCUT2D eigenvalue weighted by Gasteiger charge is -2.12. The van der Waals surface area contributed by atoms with Gasteiger partial charge in [-0.05, 0) is 25.5 Å². The molecule has 0 radical (unpaired) electrons. The molecule has 1 N–H and O–H groups in total. The van der Waals surface area contributed by atoms with Gasteiger partial charge in [0, 0.05) is 32.8 Å². The zero-order valence-electron chi connectivity index (χ0n) is 18.4. The number of pyridine rings is 1. The highest BCUT2D eigenvalue weighted by Crippen LogP contribution is 2.30. The zero-order valence-corrected chi connectivity index (χ0v) is 18.4.